The maximum absolute atomic E-state index is 13.9. The summed E-state index contributed by atoms with van der Waals surface area (Å²) in [6, 6.07) is 12.7. The van der Waals surface area contributed by atoms with Gasteiger partial charge in [0.1, 0.15) is 11.6 Å². The van der Waals surface area contributed by atoms with Crippen molar-refractivity contribution in [2.75, 3.05) is 25.0 Å². The summed E-state index contributed by atoms with van der Waals surface area (Å²) in [7, 11) is 0. The van der Waals surface area contributed by atoms with Crippen LogP contribution < -0.4 is 10.6 Å². The maximum atomic E-state index is 13.9. The minimum Gasteiger partial charge on any atom is -0.396 e. The third-order valence-electron chi connectivity index (χ3n) is 7.71. The van der Waals surface area contributed by atoms with Gasteiger partial charge in [0.15, 0.2) is 0 Å². The monoisotopic (exact) mass is 557 g/mol. The van der Waals surface area contributed by atoms with E-state index in [4.69, 9.17) is 4.74 Å². The zero-order valence-electron chi connectivity index (χ0n) is 20.3. The molecule has 1 spiro atoms. The molecule has 6 atom stereocenters. The summed E-state index contributed by atoms with van der Waals surface area (Å²) < 4.78 is 6.48. The zero-order valence-corrected chi connectivity index (χ0v) is 21.9. The normalized spacial score (nSPS) is 30.6. The molecular weight excluding hydrogens is 526 g/mol. The predicted octanol–water partition coefficient (Wildman–Crippen LogP) is 2.83. The number of unbranched alkanes of at least 4 members (excludes halogenated alkanes) is 1. The number of carbonyl (C=O) groups is 3. The second-order valence-corrected chi connectivity index (χ2v) is 11.1. The second-order valence-electron chi connectivity index (χ2n) is 9.97. The molecule has 2 aromatic carbocycles. The molecule has 192 valence electrons. The van der Waals surface area contributed by atoms with E-state index in [0.717, 1.165) is 17.2 Å². The highest BCUT2D eigenvalue weighted by atomic mass is 79.9. The van der Waals surface area contributed by atoms with Crippen molar-refractivity contribution in [1.82, 2.24) is 10.2 Å². The van der Waals surface area contributed by atoms with E-state index in [1.54, 1.807) is 4.90 Å². The van der Waals surface area contributed by atoms with Gasteiger partial charge in [-0.05, 0) is 48.6 Å². The number of hydrogen-bond donors (Lipinski definition) is 3. The van der Waals surface area contributed by atoms with Crippen molar-refractivity contribution in [1.29, 1.82) is 0 Å². The Morgan fingerprint density at radius 1 is 1.17 bits per heavy atom. The van der Waals surface area contributed by atoms with Crippen LogP contribution >= 0.6 is 15.9 Å². The van der Waals surface area contributed by atoms with Gasteiger partial charge in [0, 0.05) is 30.2 Å². The van der Waals surface area contributed by atoms with E-state index >= 15 is 0 Å². The number of aliphatic hydroxyl groups excluding tert-OH is 1. The summed E-state index contributed by atoms with van der Waals surface area (Å²) in [4.78, 5) is 42.3. The second kappa shape index (κ2) is 10.1. The van der Waals surface area contributed by atoms with Gasteiger partial charge in [-0.1, -0.05) is 53.2 Å². The zero-order chi connectivity index (χ0) is 25.4. The van der Waals surface area contributed by atoms with Crippen LogP contribution in [0.4, 0.5) is 5.69 Å². The highest BCUT2D eigenvalue weighted by Crippen LogP contribution is 2.60. The molecule has 3 unspecified atom stereocenters. The number of amides is 3. The van der Waals surface area contributed by atoms with Crippen LogP contribution in [0.15, 0.2) is 42.5 Å². The highest BCUT2D eigenvalue weighted by molar-refractivity contribution is 9.09. The molecule has 8 nitrogen and oxygen atoms in total. The first-order chi connectivity index (χ1) is 17.4. The third kappa shape index (κ3) is 4.11. The Balaban J connectivity index is 1.48. The van der Waals surface area contributed by atoms with Gasteiger partial charge < -0.3 is 25.4 Å². The number of ether oxygens (including phenoxy) is 1. The van der Waals surface area contributed by atoms with Gasteiger partial charge >= 0.3 is 0 Å². The molecule has 0 aliphatic carbocycles. The van der Waals surface area contributed by atoms with Crippen LogP contribution in [0.25, 0.3) is 10.8 Å². The van der Waals surface area contributed by atoms with E-state index in [2.05, 4.69) is 26.6 Å². The molecule has 2 aromatic rings. The van der Waals surface area contributed by atoms with Crippen molar-refractivity contribution in [3.8, 4) is 0 Å². The number of fused-ring (bicyclic) bond motifs is 2. The molecule has 0 saturated carbocycles. The van der Waals surface area contributed by atoms with Crippen molar-refractivity contribution >= 4 is 50.1 Å². The Morgan fingerprint density at radius 2 is 1.94 bits per heavy atom. The topological polar surface area (TPSA) is 108 Å². The lowest BCUT2D eigenvalue weighted by atomic mass is 9.70. The van der Waals surface area contributed by atoms with Crippen LogP contribution in [-0.2, 0) is 19.1 Å². The minimum absolute atomic E-state index is 0.00858. The number of anilines is 1. The molecular formula is C27H32BrN3O5. The summed E-state index contributed by atoms with van der Waals surface area (Å²) in [5, 5.41) is 17.3. The van der Waals surface area contributed by atoms with E-state index in [0.29, 0.717) is 38.0 Å². The summed E-state index contributed by atoms with van der Waals surface area (Å²) in [6.07, 6.45) is 1.86. The quantitative estimate of drug-likeness (QED) is 0.324. The lowest BCUT2D eigenvalue weighted by Gasteiger charge is -2.34. The first-order valence-electron chi connectivity index (χ1n) is 12.7. The summed E-state index contributed by atoms with van der Waals surface area (Å²) in [5.41, 5.74) is -0.439. The van der Waals surface area contributed by atoms with E-state index in [9.17, 15) is 19.5 Å². The number of halogens is 1. The number of rotatable bonds is 9. The lowest BCUT2D eigenvalue weighted by molar-refractivity contribution is -0.140. The molecule has 3 fully saturated rings. The molecule has 3 amide bonds. The van der Waals surface area contributed by atoms with Crippen LogP contribution in [0, 0.1) is 11.8 Å². The maximum Gasteiger partial charge on any atom is 0.250 e. The summed E-state index contributed by atoms with van der Waals surface area (Å²) in [6.45, 7) is 2.82. The van der Waals surface area contributed by atoms with Crippen LogP contribution in [0.5, 0.6) is 0 Å². The van der Waals surface area contributed by atoms with Crippen molar-refractivity contribution in [3.63, 3.8) is 0 Å². The van der Waals surface area contributed by atoms with E-state index in [1.165, 1.54) is 0 Å². The molecule has 36 heavy (non-hydrogen) atoms. The molecule has 3 heterocycles. The Morgan fingerprint density at radius 3 is 2.69 bits per heavy atom. The number of nitrogens with one attached hydrogen (secondary N) is 2. The molecule has 3 N–H and O–H groups in total. The Bertz CT molecular complexity index is 1180. The fourth-order valence-corrected chi connectivity index (χ4v) is 7.15. The van der Waals surface area contributed by atoms with Crippen molar-refractivity contribution < 1.29 is 24.2 Å². The van der Waals surface area contributed by atoms with Gasteiger partial charge in [-0.15, -0.1) is 0 Å². The van der Waals surface area contributed by atoms with Gasteiger partial charge in [-0.25, -0.2) is 0 Å². The van der Waals surface area contributed by atoms with Crippen LogP contribution in [0.1, 0.15) is 32.6 Å². The number of carbonyl (C=O) groups excluding carboxylic acids is 3. The molecule has 2 bridgehead atoms. The number of nitrogens with zero attached hydrogens (tertiary/aromatic N) is 1. The number of hydrogen-bond acceptors (Lipinski definition) is 5. The molecule has 3 aliphatic heterocycles. The number of aliphatic hydroxyl groups is 1. The lowest BCUT2D eigenvalue weighted by Crippen LogP contribution is -2.54. The third-order valence-corrected chi connectivity index (χ3v) is 8.56. The molecule has 9 heteroatoms. The smallest absolute Gasteiger partial charge is 0.250 e. The molecule has 5 rings (SSSR count). The summed E-state index contributed by atoms with van der Waals surface area (Å²) >= 11 is 3.68. The number of alkyl halides is 1. The van der Waals surface area contributed by atoms with E-state index < -0.39 is 29.6 Å². The fourth-order valence-electron chi connectivity index (χ4n) is 6.21. The van der Waals surface area contributed by atoms with Crippen molar-refractivity contribution in [2.24, 2.45) is 11.8 Å². The van der Waals surface area contributed by atoms with Gasteiger partial charge in [-0.3, -0.25) is 14.4 Å². The number of benzene rings is 2. The minimum atomic E-state index is -1.08. The highest BCUT2D eigenvalue weighted by Gasteiger charge is 2.76. The molecule has 3 aliphatic rings. The largest absolute Gasteiger partial charge is 0.396 e. The Labute approximate surface area is 218 Å². The molecule has 0 aromatic heterocycles. The van der Waals surface area contributed by atoms with Crippen LogP contribution in [0.3, 0.4) is 0 Å². The van der Waals surface area contributed by atoms with Gasteiger partial charge in [0.2, 0.25) is 17.7 Å². The van der Waals surface area contributed by atoms with Gasteiger partial charge in [0.25, 0.3) is 0 Å². The molecule has 0 radical (unpaired) electrons. The average Bonchev–Trinajstić information content (AvgIpc) is 3.46. The van der Waals surface area contributed by atoms with E-state index in [1.807, 2.05) is 49.4 Å². The average molecular weight is 558 g/mol. The van der Waals surface area contributed by atoms with Gasteiger partial charge in [0.05, 0.1) is 17.9 Å². The Hall–Kier alpha value is -2.49. The first-order valence-corrected chi connectivity index (χ1v) is 13.6. The van der Waals surface area contributed by atoms with E-state index in [-0.39, 0.29) is 29.2 Å². The van der Waals surface area contributed by atoms with Crippen molar-refractivity contribution in [2.45, 2.75) is 55.2 Å². The van der Waals surface area contributed by atoms with Gasteiger partial charge in [-0.2, -0.15) is 0 Å². The standard InChI is InChI=1S/C27H32BrN3O5/c1-2-11-29-24(33)20-21-26(35)31(12-5-6-13-32)23(27(21)15-19(28)22(20)36-27)25(34)30-18-10-9-16-7-3-4-8-17(16)14-18/h3-4,7-10,14,19-23,32H,2,5-6,11-13,15H2,1H3,(H,29,33)(H,30,34)/t19?,20-,21-,22-,23?,27?/m0/s1. The summed E-state index contributed by atoms with van der Waals surface area (Å²) in [5.74, 6) is -2.10. The first kappa shape index (κ1) is 25.2. The predicted molar refractivity (Wildman–Crippen MR) is 140 cm³/mol. The fraction of sp³-hybridized carbons (Fsp3) is 0.519. The molecule has 3 saturated heterocycles. The number of likely N-dealkylation sites (tertiary alicyclic amines) is 1. The van der Waals surface area contributed by atoms with Crippen LogP contribution in [0.2, 0.25) is 0 Å². The van der Waals surface area contributed by atoms with Crippen molar-refractivity contribution in [3.05, 3.63) is 42.5 Å². The Kier molecular flexibility index (Phi) is 7.07. The SMILES string of the molecule is CCCNC(=O)[C@H]1[C@H]2C(=O)N(CCCCO)C(C(=O)Nc3ccc4ccccc4c3)C23CC(Br)[C@@H]1O3. The van der Waals surface area contributed by atoms with Crippen LogP contribution in [-0.4, -0.2) is 70.0 Å².